The standard InChI is InChI=1S/C17H23N5O/c1-13-6-4-8-16(18-13)22-10-5-7-14(12-22)21(3)17(23)15-9-11-20(2)19-15/h4,6,8-9,11,14H,5,7,10,12H2,1-3H3. The van der Waals surface area contributed by atoms with Crippen molar-refractivity contribution in [3.8, 4) is 0 Å². The van der Waals surface area contributed by atoms with E-state index in [2.05, 4.69) is 15.0 Å². The van der Waals surface area contributed by atoms with E-state index in [1.54, 1.807) is 16.9 Å². The van der Waals surface area contributed by atoms with E-state index < -0.39 is 0 Å². The van der Waals surface area contributed by atoms with Gasteiger partial charge in [-0.3, -0.25) is 9.48 Å². The molecule has 1 unspecified atom stereocenters. The molecule has 23 heavy (non-hydrogen) atoms. The molecule has 1 amide bonds. The topological polar surface area (TPSA) is 54.3 Å². The number of rotatable bonds is 3. The summed E-state index contributed by atoms with van der Waals surface area (Å²) in [6.07, 6.45) is 3.86. The third-order valence-electron chi connectivity index (χ3n) is 4.39. The number of piperidine rings is 1. The molecule has 0 radical (unpaired) electrons. The van der Waals surface area contributed by atoms with Crippen molar-refractivity contribution in [1.82, 2.24) is 19.7 Å². The summed E-state index contributed by atoms with van der Waals surface area (Å²) in [7, 11) is 3.69. The fourth-order valence-corrected chi connectivity index (χ4v) is 3.06. The quantitative estimate of drug-likeness (QED) is 0.868. The molecule has 1 aliphatic rings. The first-order valence-electron chi connectivity index (χ1n) is 8.00. The molecule has 1 atom stereocenters. The first-order chi connectivity index (χ1) is 11.0. The maximum Gasteiger partial charge on any atom is 0.274 e. The number of anilines is 1. The van der Waals surface area contributed by atoms with Crippen LogP contribution in [-0.4, -0.2) is 51.8 Å². The van der Waals surface area contributed by atoms with E-state index >= 15 is 0 Å². The first kappa shape index (κ1) is 15.5. The van der Waals surface area contributed by atoms with Crippen LogP contribution in [0.1, 0.15) is 29.0 Å². The number of hydrogen-bond acceptors (Lipinski definition) is 4. The van der Waals surface area contributed by atoms with E-state index in [9.17, 15) is 4.79 Å². The van der Waals surface area contributed by atoms with Gasteiger partial charge < -0.3 is 9.80 Å². The summed E-state index contributed by atoms with van der Waals surface area (Å²) >= 11 is 0. The highest BCUT2D eigenvalue weighted by Crippen LogP contribution is 2.21. The molecule has 3 heterocycles. The van der Waals surface area contributed by atoms with Gasteiger partial charge in [0, 0.05) is 45.1 Å². The zero-order valence-corrected chi connectivity index (χ0v) is 13.9. The maximum absolute atomic E-state index is 12.6. The Kier molecular flexibility index (Phi) is 4.32. The minimum atomic E-state index is -0.0188. The predicted molar refractivity (Wildman–Crippen MR) is 89.5 cm³/mol. The van der Waals surface area contributed by atoms with Crippen LogP contribution in [0.25, 0.3) is 0 Å². The van der Waals surface area contributed by atoms with Crippen molar-refractivity contribution >= 4 is 11.7 Å². The van der Waals surface area contributed by atoms with Crippen LogP contribution < -0.4 is 4.90 Å². The summed E-state index contributed by atoms with van der Waals surface area (Å²) in [5.41, 5.74) is 1.52. The molecule has 122 valence electrons. The summed E-state index contributed by atoms with van der Waals surface area (Å²) in [4.78, 5) is 21.3. The van der Waals surface area contributed by atoms with Gasteiger partial charge in [0.1, 0.15) is 11.5 Å². The van der Waals surface area contributed by atoms with Gasteiger partial charge in [-0.25, -0.2) is 4.98 Å². The molecule has 2 aromatic rings. The van der Waals surface area contributed by atoms with Crippen LogP contribution >= 0.6 is 0 Å². The van der Waals surface area contributed by atoms with Gasteiger partial charge in [-0.1, -0.05) is 6.07 Å². The molecule has 0 N–H and O–H groups in total. The number of nitrogens with zero attached hydrogens (tertiary/aromatic N) is 5. The fraction of sp³-hybridized carbons (Fsp3) is 0.471. The van der Waals surface area contributed by atoms with Crippen LogP contribution in [-0.2, 0) is 7.05 Å². The van der Waals surface area contributed by atoms with Crippen molar-refractivity contribution in [2.75, 3.05) is 25.0 Å². The Morgan fingerprint density at radius 3 is 2.87 bits per heavy atom. The molecule has 0 bridgehead atoms. The lowest BCUT2D eigenvalue weighted by Crippen LogP contribution is -2.49. The Hall–Kier alpha value is -2.37. The van der Waals surface area contributed by atoms with Crippen LogP contribution in [0, 0.1) is 6.92 Å². The lowest BCUT2D eigenvalue weighted by molar-refractivity contribution is 0.0710. The van der Waals surface area contributed by atoms with Gasteiger partial charge >= 0.3 is 0 Å². The van der Waals surface area contributed by atoms with Gasteiger partial charge in [-0.05, 0) is 38.0 Å². The van der Waals surface area contributed by atoms with Gasteiger partial charge in [0.05, 0.1) is 0 Å². The number of likely N-dealkylation sites (N-methyl/N-ethyl adjacent to an activating group) is 1. The summed E-state index contributed by atoms with van der Waals surface area (Å²) in [5.74, 6) is 0.975. The molecule has 3 rings (SSSR count). The number of carbonyl (C=O) groups excluding carboxylic acids is 1. The summed E-state index contributed by atoms with van der Waals surface area (Å²) in [6.45, 7) is 3.80. The number of pyridine rings is 1. The number of aryl methyl sites for hydroxylation is 2. The summed E-state index contributed by atoms with van der Waals surface area (Å²) in [5, 5.41) is 4.21. The number of amides is 1. The molecule has 0 aromatic carbocycles. The molecule has 0 saturated carbocycles. The van der Waals surface area contributed by atoms with Crippen molar-refractivity contribution in [3.63, 3.8) is 0 Å². The summed E-state index contributed by atoms with van der Waals surface area (Å²) in [6, 6.07) is 8.02. The smallest absolute Gasteiger partial charge is 0.274 e. The third kappa shape index (κ3) is 3.36. The average Bonchev–Trinajstić information content (AvgIpc) is 3.00. The average molecular weight is 313 g/mol. The van der Waals surface area contributed by atoms with Crippen LogP contribution in [0.15, 0.2) is 30.5 Å². The zero-order valence-electron chi connectivity index (χ0n) is 13.9. The lowest BCUT2D eigenvalue weighted by atomic mass is 10.0. The summed E-state index contributed by atoms with van der Waals surface area (Å²) < 4.78 is 1.66. The van der Waals surface area contributed by atoms with Gasteiger partial charge in [-0.15, -0.1) is 0 Å². The highest BCUT2D eigenvalue weighted by molar-refractivity contribution is 5.92. The molecule has 0 spiro atoms. The Morgan fingerprint density at radius 2 is 2.17 bits per heavy atom. The minimum absolute atomic E-state index is 0.0188. The van der Waals surface area contributed by atoms with E-state index in [-0.39, 0.29) is 11.9 Å². The van der Waals surface area contributed by atoms with E-state index in [1.807, 2.05) is 44.1 Å². The second-order valence-electron chi connectivity index (χ2n) is 6.17. The second kappa shape index (κ2) is 6.40. The number of aromatic nitrogens is 3. The zero-order chi connectivity index (χ0) is 16.4. The molecule has 6 nitrogen and oxygen atoms in total. The molecule has 6 heteroatoms. The van der Waals surface area contributed by atoms with Crippen molar-refractivity contribution in [1.29, 1.82) is 0 Å². The lowest BCUT2D eigenvalue weighted by Gasteiger charge is -2.38. The molecule has 1 fully saturated rings. The Labute approximate surface area is 136 Å². The van der Waals surface area contributed by atoms with E-state index in [0.29, 0.717) is 5.69 Å². The normalized spacial score (nSPS) is 18.0. The maximum atomic E-state index is 12.6. The van der Waals surface area contributed by atoms with E-state index in [0.717, 1.165) is 37.4 Å². The Balaban J connectivity index is 1.71. The van der Waals surface area contributed by atoms with E-state index in [1.165, 1.54) is 0 Å². The SMILES string of the molecule is Cc1cccc(N2CCCC(N(C)C(=O)c3ccn(C)n3)C2)n1. The minimum Gasteiger partial charge on any atom is -0.355 e. The molecule has 0 aliphatic carbocycles. The second-order valence-corrected chi connectivity index (χ2v) is 6.17. The third-order valence-corrected chi connectivity index (χ3v) is 4.39. The molecular weight excluding hydrogens is 290 g/mol. The van der Waals surface area contributed by atoms with Crippen molar-refractivity contribution in [2.24, 2.45) is 7.05 Å². The van der Waals surface area contributed by atoms with Crippen molar-refractivity contribution in [2.45, 2.75) is 25.8 Å². The first-order valence-corrected chi connectivity index (χ1v) is 8.00. The highest BCUT2D eigenvalue weighted by Gasteiger charge is 2.28. The van der Waals surface area contributed by atoms with Crippen molar-refractivity contribution in [3.05, 3.63) is 41.9 Å². The largest absolute Gasteiger partial charge is 0.355 e. The molecule has 1 aliphatic heterocycles. The van der Waals surface area contributed by atoms with Gasteiger partial charge in [0.15, 0.2) is 0 Å². The number of carbonyl (C=O) groups is 1. The van der Waals surface area contributed by atoms with E-state index in [4.69, 9.17) is 0 Å². The van der Waals surface area contributed by atoms with Crippen LogP contribution in [0.4, 0.5) is 5.82 Å². The highest BCUT2D eigenvalue weighted by atomic mass is 16.2. The molecule has 1 saturated heterocycles. The Bertz CT molecular complexity index is 696. The number of hydrogen-bond donors (Lipinski definition) is 0. The fourth-order valence-electron chi connectivity index (χ4n) is 3.06. The van der Waals surface area contributed by atoms with Crippen LogP contribution in [0.5, 0.6) is 0 Å². The van der Waals surface area contributed by atoms with Gasteiger partial charge in [0.2, 0.25) is 0 Å². The molecular formula is C17H23N5O. The van der Waals surface area contributed by atoms with Crippen LogP contribution in [0.3, 0.4) is 0 Å². The monoisotopic (exact) mass is 313 g/mol. The van der Waals surface area contributed by atoms with Gasteiger partial charge in [-0.2, -0.15) is 5.10 Å². The van der Waals surface area contributed by atoms with Crippen molar-refractivity contribution < 1.29 is 4.79 Å². The van der Waals surface area contributed by atoms with Crippen LogP contribution in [0.2, 0.25) is 0 Å². The predicted octanol–water partition coefficient (Wildman–Crippen LogP) is 1.86. The Morgan fingerprint density at radius 1 is 1.35 bits per heavy atom. The van der Waals surface area contributed by atoms with Gasteiger partial charge in [0.25, 0.3) is 5.91 Å². The molecule has 2 aromatic heterocycles.